The molecule has 0 atom stereocenters. The molecular formula is C16H16N2OS. The summed E-state index contributed by atoms with van der Waals surface area (Å²) in [5.41, 5.74) is 3.90. The van der Waals surface area contributed by atoms with Gasteiger partial charge in [-0.25, -0.2) is 0 Å². The Hall–Kier alpha value is -1.94. The lowest BCUT2D eigenvalue weighted by Gasteiger charge is -2.07. The van der Waals surface area contributed by atoms with Crippen LogP contribution in [0.3, 0.4) is 0 Å². The quantitative estimate of drug-likeness (QED) is 0.846. The van der Waals surface area contributed by atoms with Crippen LogP contribution in [-0.2, 0) is 6.42 Å². The molecule has 0 spiro atoms. The molecule has 0 saturated heterocycles. The highest BCUT2D eigenvalue weighted by Gasteiger charge is 2.13. The molecule has 2 aromatic rings. The van der Waals surface area contributed by atoms with E-state index in [9.17, 15) is 4.79 Å². The third-order valence-corrected chi connectivity index (χ3v) is 4.17. The van der Waals surface area contributed by atoms with Crippen molar-refractivity contribution >= 4 is 29.0 Å². The van der Waals surface area contributed by atoms with Gasteiger partial charge < -0.3 is 10.6 Å². The first-order chi connectivity index (χ1) is 9.76. The van der Waals surface area contributed by atoms with Crippen LogP contribution in [0.4, 0.5) is 11.4 Å². The summed E-state index contributed by atoms with van der Waals surface area (Å²) in [7, 11) is 0. The Kier molecular flexibility index (Phi) is 3.65. The van der Waals surface area contributed by atoms with E-state index >= 15 is 0 Å². The van der Waals surface area contributed by atoms with Gasteiger partial charge in [0, 0.05) is 28.4 Å². The van der Waals surface area contributed by atoms with Gasteiger partial charge in [-0.05, 0) is 60.7 Å². The van der Waals surface area contributed by atoms with Crippen LogP contribution < -0.4 is 10.6 Å². The molecule has 0 aliphatic carbocycles. The molecule has 1 amide bonds. The molecule has 3 nitrogen and oxygen atoms in total. The lowest BCUT2D eigenvalue weighted by molar-refractivity contribution is 0.102. The molecule has 3 rings (SSSR count). The minimum atomic E-state index is -0.0587. The third kappa shape index (κ3) is 2.65. The van der Waals surface area contributed by atoms with Gasteiger partial charge in [0.05, 0.1) is 0 Å². The van der Waals surface area contributed by atoms with Crippen LogP contribution in [0.5, 0.6) is 0 Å². The number of amides is 1. The zero-order valence-electron chi connectivity index (χ0n) is 11.3. The average molecular weight is 284 g/mol. The molecule has 4 heteroatoms. The Bertz CT molecular complexity index is 637. The van der Waals surface area contributed by atoms with Crippen LogP contribution in [0.1, 0.15) is 15.9 Å². The van der Waals surface area contributed by atoms with E-state index in [1.165, 1.54) is 10.5 Å². The van der Waals surface area contributed by atoms with Crippen molar-refractivity contribution in [3.05, 3.63) is 53.6 Å². The Labute approximate surface area is 122 Å². The maximum absolute atomic E-state index is 12.2. The SMILES string of the molecule is CSc1ccc(NC(=O)c2ccc3c(c2)CCN3)cc1. The molecule has 102 valence electrons. The maximum atomic E-state index is 12.2. The highest BCUT2D eigenvalue weighted by atomic mass is 32.2. The van der Waals surface area contributed by atoms with Crippen molar-refractivity contribution in [2.75, 3.05) is 23.4 Å². The number of anilines is 2. The summed E-state index contributed by atoms with van der Waals surface area (Å²) in [5, 5.41) is 6.23. The van der Waals surface area contributed by atoms with Crippen LogP contribution in [0, 0.1) is 0 Å². The number of carbonyl (C=O) groups excluding carboxylic acids is 1. The van der Waals surface area contributed by atoms with Crippen molar-refractivity contribution in [2.24, 2.45) is 0 Å². The van der Waals surface area contributed by atoms with E-state index in [0.717, 1.165) is 24.3 Å². The molecule has 20 heavy (non-hydrogen) atoms. The van der Waals surface area contributed by atoms with E-state index in [1.54, 1.807) is 11.8 Å². The van der Waals surface area contributed by atoms with Crippen molar-refractivity contribution in [1.29, 1.82) is 0 Å². The minimum absolute atomic E-state index is 0.0587. The van der Waals surface area contributed by atoms with E-state index < -0.39 is 0 Å². The third-order valence-electron chi connectivity index (χ3n) is 3.43. The number of benzene rings is 2. The minimum Gasteiger partial charge on any atom is -0.384 e. The summed E-state index contributed by atoms with van der Waals surface area (Å²) in [6.07, 6.45) is 3.02. The fourth-order valence-electron chi connectivity index (χ4n) is 2.32. The van der Waals surface area contributed by atoms with Gasteiger partial charge in [-0.3, -0.25) is 4.79 Å². The topological polar surface area (TPSA) is 41.1 Å². The highest BCUT2D eigenvalue weighted by Crippen LogP contribution is 2.24. The first-order valence-corrected chi connectivity index (χ1v) is 7.81. The Morgan fingerprint density at radius 1 is 1.20 bits per heavy atom. The van der Waals surface area contributed by atoms with Crippen LogP contribution in [-0.4, -0.2) is 18.7 Å². The number of hydrogen-bond donors (Lipinski definition) is 2. The summed E-state index contributed by atoms with van der Waals surface area (Å²) in [4.78, 5) is 13.4. The number of fused-ring (bicyclic) bond motifs is 1. The van der Waals surface area contributed by atoms with Gasteiger partial charge >= 0.3 is 0 Å². The second-order valence-electron chi connectivity index (χ2n) is 4.73. The molecule has 2 N–H and O–H groups in total. The zero-order chi connectivity index (χ0) is 13.9. The summed E-state index contributed by atoms with van der Waals surface area (Å²) in [6, 6.07) is 13.7. The van der Waals surface area contributed by atoms with Crippen molar-refractivity contribution < 1.29 is 4.79 Å². The smallest absolute Gasteiger partial charge is 0.255 e. The van der Waals surface area contributed by atoms with E-state index in [4.69, 9.17) is 0 Å². The fraction of sp³-hybridized carbons (Fsp3) is 0.188. The lowest BCUT2D eigenvalue weighted by Crippen LogP contribution is -2.11. The summed E-state index contributed by atoms with van der Waals surface area (Å²) in [6.45, 7) is 0.955. The molecule has 1 aliphatic heterocycles. The van der Waals surface area contributed by atoms with Gasteiger partial charge in [-0.1, -0.05) is 0 Å². The monoisotopic (exact) mass is 284 g/mol. The number of carbonyl (C=O) groups is 1. The number of nitrogens with one attached hydrogen (secondary N) is 2. The predicted molar refractivity (Wildman–Crippen MR) is 84.8 cm³/mol. The molecule has 0 aromatic heterocycles. The maximum Gasteiger partial charge on any atom is 0.255 e. The molecule has 2 aromatic carbocycles. The van der Waals surface area contributed by atoms with Gasteiger partial charge in [-0.15, -0.1) is 11.8 Å². The van der Waals surface area contributed by atoms with Crippen LogP contribution in [0.15, 0.2) is 47.4 Å². The van der Waals surface area contributed by atoms with Gasteiger partial charge in [0.1, 0.15) is 0 Å². The Morgan fingerprint density at radius 3 is 2.75 bits per heavy atom. The highest BCUT2D eigenvalue weighted by molar-refractivity contribution is 7.98. The molecule has 0 saturated carbocycles. The molecule has 0 fully saturated rings. The lowest BCUT2D eigenvalue weighted by atomic mass is 10.1. The second-order valence-corrected chi connectivity index (χ2v) is 5.61. The molecule has 1 heterocycles. The second kappa shape index (κ2) is 5.59. The standard InChI is InChI=1S/C16H16N2OS/c1-20-14-5-3-13(4-6-14)18-16(19)12-2-7-15-11(10-12)8-9-17-15/h2-7,10,17H,8-9H2,1H3,(H,18,19). The van der Waals surface area contributed by atoms with Crippen molar-refractivity contribution in [1.82, 2.24) is 0 Å². The largest absolute Gasteiger partial charge is 0.384 e. The average Bonchev–Trinajstić information content (AvgIpc) is 2.95. The van der Waals surface area contributed by atoms with Crippen molar-refractivity contribution in [3.63, 3.8) is 0 Å². The first-order valence-electron chi connectivity index (χ1n) is 6.58. The summed E-state index contributed by atoms with van der Waals surface area (Å²) < 4.78 is 0. The molecule has 0 unspecified atom stereocenters. The first kappa shape index (κ1) is 13.1. The number of thioether (sulfide) groups is 1. The van der Waals surface area contributed by atoms with E-state index in [-0.39, 0.29) is 5.91 Å². The van der Waals surface area contributed by atoms with Crippen molar-refractivity contribution in [3.8, 4) is 0 Å². The molecule has 1 aliphatic rings. The molecule has 0 bridgehead atoms. The Morgan fingerprint density at radius 2 is 2.00 bits per heavy atom. The van der Waals surface area contributed by atoms with Crippen molar-refractivity contribution in [2.45, 2.75) is 11.3 Å². The fourth-order valence-corrected chi connectivity index (χ4v) is 2.73. The Balaban J connectivity index is 1.75. The van der Waals surface area contributed by atoms with Crippen LogP contribution in [0.25, 0.3) is 0 Å². The zero-order valence-corrected chi connectivity index (χ0v) is 12.1. The summed E-state index contributed by atoms with van der Waals surface area (Å²) in [5.74, 6) is -0.0587. The molecular weight excluding hydrogens is 268 g/mol. The van der Waals surface area contributed by atoms with Gasteiger partial charge in [0.2, 0.25) is 0 Å². The molecule has 0 radical (unpaired) electrons. The van der Waals surface area contributed by atoms with E-state index in [0.29, 0.717) is 5.56 Å². The van der Waals surface area contributed by atoms with Gasteiger partial charge in [0.15, 0.2) is 0 Å². The van der Waals surface area contributed by atoms with Crippen LogP contribution >= 0.6 is 11.8 Å². The summed E-state index contributed by atoms with van der Waals surface area (Å²) >= 11 is 1.69. The van der Waals surface area contributed by atoms with E-state index in [1.807, 2.05) is 48.7 Å². The van der Waals surface area contributed by atoms with Crippen LogP contribution in [0.2, 0.25) is 0 Å². The van der Waals surface area contributed by atoms with Gasteiger partial charge in [-0.2, -0.15) is 0 Å². The number of hydrogen-bond acceptors (Lipinski definition) is 3. The predicted octanol–water partition coefficient (Wildman–Crippen LogP) is 3.63. The van der Waals surface area contributed by atoms with Gasteiger partial charge in [0.25, 0.3) is 5.91 Å². The van der Waals surface area contributed by atoms with E-state index in [2.05, 4.69) is 10.6 Å². The normalized spacial score (nSPS) is 12.7. The number of rotatable bonds is 3.